The van der Waals surface area contributed by atoms with Gasteiger partial charge in [-0.05, 0) is 30.5 Å². The first-order chi connectivity index (χ1) is 9.74. The lowest BCUT2D eigenvalue weighted by atomic mass is 10.1. The van der Waals surface area contributed by atoms with Crippen molar-refractivity contribution in [3.63, 3.8) is 0 Å². The molecule has 0 fully saturated rings. The van der Waals surface area contributed by atoms with Crippen molar-refractivity contribution in [2.24, 2.45) is 0 Å². The molecule has 0 saturated carbocycles. The summed E-state index contributed by atoms with van der Waals surface area (Å²) in [6, 6.07) is 17.5. The molecule has 0 aliphatic rings. The molecule has 2 nitrogen and oxygen atoms in total. The van der Waals surface area contributed by atoms with Crippen molar-refractivity contribution in [3.8, 4) is 0 Å². The van der Waals surface area contributed by atoms with Gasteiger partial charge in [0.15, 0.2) is 0 Å². The van der Waals surface area contributed by atoms with Crippen LogP contribution in [0.3, 0.4) is 0 Å². The Balaban J connectivity index is 1.91. The van der Waals surface area contributed by atoms with E-state index < -0.39 is 0 Å². The summed E-state index contributed by atoms with van der Waals surface area (Å²) in [5, 5.41) is 5.80. The number of pyridine rings is 1. The van der Waals surface area contributed by atoms with Gasteiger partial charge in [-0.15, -0.1) is 0 Å². The van der Waals surface area contributed by atoms with Gasteiger partial charge in [-0.25, -0.2) is 4.39 Å². The minimum Gasteiger partial charge on any atom is -0.376 e. The van der Waals surface area contributed by atoms with Gasteiger partial charge in [-0.1, -0.05) is 36.4 Å². The van der Waals surface area contributed by atoms with Crippen molar-refractivity contribution >= 4 is 16.5 Å². The lowest BCUT2D eigenvalue weighted by Crippen LogP contribution is -2.08. The van der Waals surface area contributed by atoms with Crippen LogP contribution in [0.15, 0.2) is 60.8 Å². The minimum atomic E-state index is -0.314. The van der Waals surface area contributed by atoms with Gasteiger partial charge >= 0.3 is 0 Å². The summed E-state index contributed by atoms with van der Waals surface area (Å²) in [7, 11) is 0. The van der Waals surface area contributed by atoms with Crippen LogP contribution in [0.5, 0.6) is 0 Å². The molecule has 1 heterocycles. The number of anilines is 1. The predicted molar refractivity (Wildman–Crippen MR) is 80.2 cm³/mol. The third kappa shape index (κ3) is 2.48. The lowest BCUT2D eigenvalue weighted by Gasteiger charge is -2.16. The summed E-state index contributed by atoms with van der Waals surface area (Å²) in [6.45, 7) is 2.02. The Hall–Kier alpha value is -2.42. The van der Waals surface area contributed by atoms with Gasteiger partial charge in [-0.2, -0.15) is 0 Å². The maximum atomic E-state index is 12.9. The van der Waals surface area contributed by atoms with Gasteiger partial charge < -0.3 is 5.32 Å². The molecule has 0 aliphatic carbocycles. The van der Waals surface area contributed by atoms with Gasteiger partial charge in [0.1, 0.15) is 5.82 Å². The predicted octanol–water partition coefficient (Wildman–Crippen LogP) is 4.55. The fourth-order valence-electron chi connectivity index (χ4n) is 2.30. The van der Waals surface area contributed by atoms with E-state index in [9.17, 15) is 4.39 Å². The van der Waals surface area contributed by atoms with E-state index in [4.69, 9.17) is 0 Å². The number of nitrogens with zero attached hydrogens (tertiary/aromatic N) is 1. The van der Waals surface area contributed by atoms with Crippen molar-refractivity contribution in [3.05, 3.63) is 72.3 Å². The Morgan fingerprint density at radius 1 is 1.00 bits per heavy atom. The Labute approximate surface area is 117 Å². The number of aromatic nitrogens is 1. The molecular weight excluding hydrogens is 251 g/mol. The number of hydrogen-bond donors (Lipinski definition) is 1. The summed E-state index contributed by atoms with van der Waals surface area (Å²) in [5.74, 6) is -0.314. The molecular formula is C17H15FN2. The molecule has 1 N–H and O–H groups in total. The summed E-state index contributed by atoms with van der Waals surface area (Å²) in [4.78, 5) is 4.12. The number of hydrogen-bond acceptors (Lipinski definition) is 2. The van der Waals surface area contributed by atoms with Crippen LogP contribution in [-0.4, -0.2) is 4.98 Å². The van der Waals surface area contributed by atoms with E-state index in [1.54, 1.807) is 6.07 Å². The molecule has 0 amide bonds. The lowest BCUT2D eigenvalue weighted by molar-refractivity contribution is 0.617. The van der Waals surface area contributed by atoms with Crippen LogP contribution in [0.4, 0.5) is 10.1 Å². The summed E-state index contributed by atoms with van der Waals surface area (Å²) in [6.07, 6.45) is 1.25. The molecule has 1 atom stereocenters. The molecule has 1 aromatic heterocycles. The standard InChI is InChI=1S/C17H15FN2/c1-12(16-10-9-14(18)11-19-16)20-17-8-4-6-13-5-2-3-7-15(13)17/h2-12,20H,1H3. The first-order valence-corrected chi connectivity index (χ1v) is 6.60. The molecule has 3 aromatic rings. The van der Waals surface area contributed by atoms with Crippen LogP contribution in [0.1, 0.15) is 18.7 Å². The normalized spacial score (nSPS) is 12.3. The maximum absolute atomic E-state index is 12.9. The second kappa shape index (κ2) is 5.29. The fourth-order valence-corrected chi connectivity index (χ4v) is 2.30. The highest BCUT2D eigenvalue weighted by Gasteiger charge is 2.08. The third-order valence-corrected chi connectivity index (χ3v) is 3.36. The smallest absolute Gasteiger partial charge is 0.141 e. The Bertz CT molecular complexity index is 717. The number of nitrogens with one attached hydrogen (secondary N) is 1. The van der Waals surface area contributed by atoms with Crippen molar-refractivity contribution in [2.75, 3.05) is 5.32 Å². The first-order valence-electron chi connectivity index (χ1n) is 6.60. The average Bonchev–Trinajstić information content (AvgIpc) is 2.48. The van der Waals surface area contributed by atoms with Crippen LogP contribution in [-0.2, 0) is 0 Å². The van der Waals surface area contributed by atoms with Crippen LogP contribution in [0.25, 0.3) is 10.8 Å². The molecule has 3 heteroatoms. The summed E-state index contributed by atoms with van der Waals surface area (Å²) < 4.78 is 12.9. The van der Waals surface area contributed by atoms with Gasteiger partial charge in [-0.3, -0.25) is 4.98 Å². The quantitative estimate of drug-likeness (QED) is 0.752. The zero-order valence-corrected chi connectivity index (χ0v) is 11.2. The fraction of sp³-hybridized carbons (Fsp3) is 0.118. The van der Waals surface area contributed by atoms with E-state index in [0.717, 1.165) is 11.4 Å². The molecule has 0 spiro atoms. The summed E-state index contributed by atoms with van der Waals surface area (Å²) in [5.41, 5.74) is 1.88. The second-order valence-electron chi connectivity index (χ2n) is 4.79. The molecule has 2 aromatic carbocycles. The zero-order valence-electron chi connectivity index (χ0n) is 11.2. The monoisotopic (exact) mass is 266 g/mol. The third-order valence-electron chi connectivity index (χ3n) is 3.36. The van der Waals surface area contributed by atoms with Gasteiger partial charge in [0.25, 0.3) is 0 Å². The van der Waals surface area contributed by atoms with Gasteiger partial charge in [0.05, 0.1) is 17.9 Å². The topological polar surface area (TPSA) is 24.9 Å². The molecule has 100 valence electrons. The van der Waals surface area contributed by atoms with Crippen LogP contribution >= 0.6 is 0 Å². The van der Waals surface area contributed by atoms with E-state index in [1.165, 1.54) is 23.0 Å². The zero-order chi connectivity index (χ0) is 13.9. The van der Waals surface area contributed by atoms with E-state index >= 15 is 0 Å². The largest absolute Gasteiger partial charge is 0.376 e. The number of fused-ring (bicyclic) bond motifs is 1. The number of halogens is 1. The molecule has 3 rings (SSSR count). The van der Waals surface area contributed by atoms with E-state index in [1.807, 2.05) is 31.2 Å². The Morgan fingerprint density at radius 3 is 2.60 bits per heavy atom. The van der Waals surface area contributed by atoms with Crippen LogP contribution < -0.4 is 5.32 Å². The minimum absolute atomic E-state index is 0.0152. The maximum Gasteiger partial charge on any atom is 0.141 e. The van der Waals surface area contributed by atoms with Crippen molar-refractivity contribution in [1.29, 1.82) is 0 Å². The molecule has 0 radical (unpaired) electrons. The molecule has 0 bridgehead atoms. The Morgan fingerprint density at radius 2 is 1.80 bits per heavy atom. The van der Waals surface area contributed by atoms with Crippen molar-refractivity contribution in [2.45, 2.75) is 13.0 Å². The van der Waals surface area contributed by atoms with E-state index in [0.29, 0.717) is 0 Å². The van der Waals surface area contributed by atoms with Crippen LogP contribution in [0, 0.1) is 5.82 Å². The van der Waals surface area contributed by atoms with Gasteiger partial charge in [0.2, 0.25) is 0 Å². The van der Waals surface area contributed by atoms with E-state index in [-0.39, 0.29) is 11.9 Å². The second-order valence-corrected chi connectivity index (χ2v) is 4.79. The highest BCUT2D eigenvalue weighted by atomic mass is 19.1. The van der Waals surface area contributed by atoms with Crippen molar-refractivity contribution < 1.29 is 4.39 Å². The number of rotatable bonds is 3. The molecule has 20 heavy (non-hydrogen) atoms. The SMILES string of the molecule is CC(Nc1cccc2ccccc12)c1ccc(F)cn1. The van der Waals surface area contributed by atoms with Crippen LogP contribution in [0.2, 0.25) is 0 Å². The molecule has 0 aliphatic heterocycles. The Kier molecular flexibility index (Phi) is 3.33. The van der Waals surface area contributed by atoms with Crippen molar-refractivity contribution in [1.82, 2.24) is 4.98 Å². The highest BCUT2D eigenvalue weighted by Crippen LogP contribution is 2.26. The molecule has 0 saturated heterocycles. The first kappa shape index (κ1) is 12.6. The summed E-state index contributed by atoms with van der Waals surface area (Å²) >= 11 is 0. The van der Waals surface area contributed by atoms with E-state index in [2.05, 4.69) is 28.5 Å². The molecule has 1 unspecified atom stereocenters. The van der Waals surface area contributed by atoms with Gasteiger partial charge in [0, 0.05) is 11.1 Å². The highest BCUT2D eigenvalue weighted by molar-refractivity contribution is 5.93. The average molecular weight is 266 g/mol. The number of benzene rings is 2.